The molecule has 0 radical (unpaired) electrons. The predicted octanol–water partition coefficient (Wildman–Crippen LogP) is 0.874. The van der Waals surface area contributed by atoms with Gasteiger partial charge >= 0.3 is 0 Å². The zero-order chi connectivity index (χ0) is 23.2. The smallest absolute Gasteiger partial charge is 0.273 e. The zero-order valence-corrected chi connectivity index (χ0v) is 19.6. The van der Waals surface area contributed by atoms with Crippen molar-refractivity contribution in [2.24, 2.45) is 0 Å². The van der Waals surface area contributed by atoms with Crippen molar-refractivity contribution >= 4 is 50.8 Å². The summed E-state index contributed by atoms with van der Waals surface area (Å²) in [4.78, 5) is 19.9. The summed E-state index contributed by atoms with van der Waals surface area (Å²) < 4.78 is 27.6. The lowest BCUT2D eigenvalue weighted by molar-refractivity contribution is -0.887. The summed E-state index contributed by atoms with van der Waals surface area (Å²) in [7, 11) is 0.372. The van der Waals surface area contributed by atoms with Gasteiger partial charge in [0.2, 0.25) is 10.0 Å². The van der Waals surface area contributed by atoms with E-state index in [0.29, 0.717) is 34.7 Å². The molecule has 1 aromatic carbocycles. The number of carbonyl (C=O) groups excluding carboxylic acids is 1. The number of sulfonamides is 1. The first-order chi connectivity index (χ1) is 14.4. The summed E-state index contributed by atoms with van der Waals surface area (Å²) in [6.07, 6.45) is 0. The van der Waals surface area contributed by atoms with Gasteiger partial charge in [0.25, 0.3) is 5.91 Å². The van der Waals surface area contributed by atoms with Crippen LogP contribution in [-0.2, 0) is 15.8 Å². The quantitative estimate of drug-likeness (QED) is 0.360. The lowest BCUT2D eigenvalue weighted by Gasteiger charge is -2.29. The van der Waals surface area contributed by atoms with Gasteiger partial charge in [0.1, 0.15) is 0 Å². The number of amides is 1. The number of benzene rings is 1. The number of aromatic nitrogens is 2. The second kappa shape index (κ2) is 10.4. The van der Waals surface area contributed by atoms with Crippen molar-refractivity contribution in [3.63, 3.8) is 0 Å². The molecular weight excluding hydrogens is 465 g/mol. The maximum absolute atomic E-state index is 12.3. The summed E-state index contributed by atoms with van der Waals surface area (Å²) in [5, 5.41) is 3.15. The third-order valence-corrected chi connectivity index (χ3v) is 6.32. The van der Waals surface area contributed by atoms with Crippen molar-refractivity contribution in [1.82, 2.24) is 20.0 Å². The molecule has 0 fully saturated rings. The van der Waals surface area contributed by atoms with Gasteiger partial charge in [0.05, 0.1) is 46.0 Å². The molecule has 0 aliphatic heterocycles. The Morgan fingerprint density at radius 3 is 2.29 bits per heavy atom. The van der Waals surface area contributed by atoms with Crippen molar-refractivity contribution in [3.8, 4) is 0 Å². The molecule has 0 aliphatic rings. The van der Waals surface area contributed by atoms with E-state index in [2.05, 4.69) is 20.0 Å². The number of halogens is 2. The number of nitrogens with two attached hydrogens (primary N) is 2. The number of nitrogen functional groups attached to an aromatic ring is 2. The molecule has 0 bridgehead atoms. The normalized spacial score (nSPS) is 12.0. The van der Waals surface area contributed by atoms with Crippen LogP contribution >= 0.6 is 23.2 Å². The van der Waals surface area contributed by atoms with Crippen molar-refractivity contribution in [3.05, 3.63) is 45.7 Å². The van der Waals surface area contributed by atoms with Crippen LogP contribution in [0.2, 0.25) is 10.2 Å². The molecule has 0 unspecified atom stereocenters. The van der Waals surface area contributed by atoms with Gasteiger partial charge in [-0.25, -0.2) is 23.1 Å². The van der Waals surface area contributed by atoms with E-state index in [1.807, 2.05) is 14.1 Å². The molecule has 31 heavy (non-hydrogen) atoms. The molecule has 0 spiro atoms. The number of quaternary nitrogens is 1. The Balaban J connectivity index is 1.79. The third kappa shape index (κ3) is 8.11. The molecular formula is C18H26Cl2N7O3S+. The van der Waals surface area contributed by atoms with Crippen molar-refractivity contribution in [1.29, 1.82) is 0 Å². The van der Waals surface area contributed by atoms with Gasteiger partial charge in [0, 0.05) is 5.02 Å². The minimum Gasteiger partial charge on any atom is -0.382 e. The van der Waals surface area contributed by atoms with E-state index in [0.717, 1.165) is 0 Å². The SMILES string of the molecule is C[N+](C)(CCNC(=O)c1nc(Cl)c(N)nc1N)CCNS(=O)(=O)Cc1ccc(Cl)cc1. The Labute approximate surface area is 191 Å². The van der Waals surface area contributed by atoms with Gasteiger partial charge in [-0.15, -0.1) is 0 Å². The Kier molecular flexibility index (Phi) is 8.43. The molecule has 1 amide bonds. The van der Waals surface area contributed by atoms with Crippen LogP contribution in [-0.4, -0.2) is 69.1 Å². The standard InChI is InChI=1S/C18H25Cl2N7O3S/c1-27(2,9-7-23-18(28)14-16(21)26-17(22)15(20)25-14)10-8-24-31(29,30)11-12-3-5-13(19)6-4-12/h3-6,24H,7-11H2,1-2H3,(H4-,21,22,23,26,28)/p+1. The predicted molar refractivity (Wildman–Crippen MR) is 122 cm³/mol. The molecule has 170 valence electrons. The molecule has 0 saturated heterocycles. The first-order valence-corrected chi connectivity index (χ1v) is 11.7. The van der Waals surface area contributed by atoms with Crippen LogP contribution in [0.15, 0.2) is 24.3 Å². The van der Waals surface area contributed by atoms with E-state index in [-0.39, 0.29) is 34.8 Å². The first-order valence-electron chi connectivity index (χ1n) is 9.29. The molecule has 1 aromatic heterocycles. The molecule has 1 heterocycles. The Morgan fingerprint density at radius 2 is 1.65 bits per heavy atom. The zero-order valence-electron chi connectivity index (χ0n) is 17.2. The van der Waals surface area contributed by atoms with E-state index in [9.17, 15) is 13.2 Å². The lowest BCUT2D eigenvalue weighted by Crippen LogP contribution is -2.49. The number of nitrogens with one attached hydrogen (secondary N) is 2. The van der Waals surface area contributed by atoms with E-state index in [1.165, 1.54) is 0 Å². The molecule has 13 heteroatoms. The van der Waals surface area contributed by atoms with Crippen molar-refractivity contribution < 1.29 is 17.7 Å². The molecule has 0 atom stereocenters. The Morgan fingerprint density at radius 1 is 1.03 bits per heavy atom. The highest BCUT2D eigenvalue weighted by molar-refractivity contribution is 7.88. The maximum Gasteiger partial charge on any atom is 0.273 e. The Hall–Kier alpha value is -2.18. The van der Waals surface area contributed by atoms with Crippen LogP contribution in [0.1, 0.15) is 16.1 Å². The number of hydrogen-bond acceptors (Lipinski definition) is 7. The highest BCUT2D eigenvalue weighted by Gasteiger charge is 2.20. The number of nitrogens with zero attached hydrogens (tertiary/aromatic N) is 3. The number of anilines is 2. The topological polar surface area (TPSA) is 153 Å². The fraction of sp³-hybridized carbons (Fsp3) is 0.389. The summed E-state index contributed by atoms with van der Waals surface area (Å²) >= 11 is 11.6. The molecule has 2 aromatic rings. The average Bonchev–Trinajstić information content (AvgIpc) is 2.65. The van der Waals surface area contributed by atoms with Crippen LogP contribution in [0, 0.1) is 0 Å². The molecule has 10 nitrogen and oxygen atoms in total. The first kappa shape index (κ1) is 25.1. The summed E-state index contributed by atoms with van der Waals surface area (Å²) in [5.74, 6) is -0.800. The van der Waals surface area contributed by atoms with Gasteiger partial charge in [-0.1, -0.05) is 35.3 Å². The highest BCUT2D eigenvalue weighted by Crippen LogP contribution is 2.17. The number of hydrogen-bond donors (Lipinski definition) is 4. The van der Waals surface area contributed by atoms with Crippen LogP contribution in [0.3, 0.4) is 0 Å². The van der Waals surface area contributed by atoms with E-state index in [4.69, 9.17) is 34.7 Å². The second-order valence-electron chi connectivity index (χ2n) is 7.55. The third-order valence-electron chi connectivity index (χ3n) is 4.43. The number of likely N-dealkylation sites (N-methyl/N-ethyl adjacent to an activating group) is 1. The van der Waals surface area contributed by atoms with E-state index >= 15 is 0 Å². The van der Waals surface area contributed by atoms with Crippen molar-refractivity contribution in [2.45, 2.75) is 5.75 Å². The molecule has 0 saturated carbocycles. The van der Waals surface area contributed by atoms with Crippen molar-refractivity contribution in [2.75, 3.05) is 51.7 Å². The summed E-state index contributed by atoms with van der Waals surface area (Å²) in [6, 6.07) is 6.65. The van der Waals surface area contributed by atoms with Gasteiger partial charge in [0.15, 0.2) is 22.5 Å². The maximum atomic E-state index is 12.3. The summed E-state index contributed by atoms with van der Waals surface area (Å²) in [6.45, 7) is 1.63. The largest absolute Gasteiger partial charge is 0.382 e. The van der Waals surface area contributed by atoms with Crippen LogP contribution in [0.25, 0.3) is 0 Å². The van der Waals surface area contributed by atoms with Gasteiger partial charge in [-0.3, -0.25) is 4.79 Å². The summed E-state index contributed by atoms with van der Waals surface area (Å²) in [5.41, 5.74) is 11.7. The minimum absolute atomic E-state index is 0.0490. The van der Waals surface area contributed by atoms with E-state index < -0.39 is 15.9 Å². The van der Waals surface area contributed by atoms with Crippen LogP contribution in [0.5, 0.6) is 0 Å². The fourth-order valence-electron chi connectivity index (χ4n) is 2.63. The molecule has 2 rings (SSSR count). The number of carbonyl (C=O) groups is 1. The lowest BCUT2D eigenvalue weighted by atomic mass is 10.2. The Bertz CT molecular complexity index is 1030. The van der Waals surface area contributed by atoms with Crippen LogP contribution in [0.4, 0.5) is 11.6 Å². The monoisotopic (exact) mass is 490 g/mol. The number of rotatable bonds is 10. The van der Waals surface area contributed by atoms with Gasteiger partial charge < -0.3 is 21.3 Å². The minimum atomic E-state index is -3.48. The van der Waals surface area contributed by atoms with E-state index in [1.54, 1.807) is 24.3 Å². The molecule has 0 aliphatic carbocycles. The highest BCUT2D eigenvalue weighted by atomic mass is 35.5. The average molecular weight is 491 g/mol. The van der Waals surface area contributed by atoms with Crippen LogP contribution < -0.4 is 21.5 Å². The molecule has 6 N–H and O–H groups in total. The fourth-order valence-corrected chi connectivity index (χ4v) is 4.02. The van der Waals surface area contributed by atoms with Gasteiger partial charge in [-0.2, -0.15) is 0 Å². The second-order valence-corrected chi connectivity index (χ2v) is 10.2. The van der Waals surface area contributed by atoms with Gasteiger partial charge in [-0.05, 0) is 17.7 Å².